The maximum atomic E-state index is 4.54. The van der Waals surface area contributed by atoms with Crippen LogP contribution in [0.1, 0.15) is 0 Å². The summed E-state index contributed by atoms with van der Waals surface area (Å²) in [4.78, 5) is 13.1. The molecule has 0 fully saturated rings. The van der Waals surface area contributed by atoms with Gasteiger partial charge < -0.3 is 13.7 Å². The minimum absolute atomic E-state index is 0.989. The number of hydrogen-bond acceptors (Lipinski definition) is 3. The van der Waals surface area contributed by atoms with E-state index in [1.165, 1.54) is 263 Å². The third kappa shape index (κ3) is 13.3. The third-order valence-electron chi connectivity index (χ3n) is 29.5. The Morgan fingerprint density at radius 1 is 0.149 bits per heavy atom. The zero-order valence-electron chi connectivity index (χ0n) is 76.7. The molecule has 0 saturated carbocycles. The van der Waals surface area contributed by atoms with Gasteiger partial charge >= 0.3 is 0 Å². The van der Waals surface area contributed by atoms with E-state index in [-0.39, 0.29) is 0 Å². The lowest BCUT2D eigenvalue weighted by Crippen LogP contribution is -1.97. The number of fused-ring (bicyclic) bond motifs is 9. The van der Waals surface area contributed by atoms with E-state index in [4.69, 9.17) is 0 Å². The van der Waals surface area contributed by atoms with E-state index in [9.17, 15) is 0 Å². The highest BCUT2D eigenvalue weighted by Gasteiger charge is 2.25. The summed E-state index contributed by atoms with van der Waals surface area (Å²) in [5, 5.41) is 30.9. The van der Waals surface area contributed by atoms with Crippen molar-refractivity contribution in [2.75, 3.05) is 0 Å². The van der Waals surface area contributed by atoms with Crippen molar-refractivity contribution >= 4 is 162 Å². The summed E-state index contributed by atoms with van der Waals surface area (Å²) in [5.74, 6) is 0. The molecule has 0 bridgehead atoms. The number of rotatable bonds is 12. The average Bonchev–Trinajstić information content (AvgIpc) is 1.62. The summed E-state index contributed by atoms with van der Waals surface area (Å²) in [6.45, 7) is 0. The molecule has 24 aromatic carbocycles. The van der Waals surface area contributed by atoms with Crippen molar-refractivity contribution in [2.45, 2.75) is 0 Å². The molecule has 0 aliphatic heterocycles. The normalized spacial score (nSPS) is 11.8. The highest BCUT2D eigenvalue weighted by atomic mass is 15.0. The second-order valence-corrected chi connectivity index (χ2v) is 37.1. The first-order valence-electron chi connectivity index (χ1n) is 48.4. The van der Waals surface area contributed by atoms with Crippen LogP contribution in [0.15, 0.2) is 510 Å². The van der Waals surface area contributed by atoms with Gasteiger partial charge in [0.05, 0.1) is 44.5 Å². The van der Waals surface area contributed by atoms with Gasteiger partial charge in [0.15, 0.2) is 0 Å². The van der Waals surface area contributed by atoms with Crippen molar-refractivity contribution in [1.82, 2.24) is 28.7 Å². The number of hydrogen-bond donors (Lipinski definition) is 0. The van der Waals surface area contributed by atoms with E-state index in [2.05, 4.69) is 490 Å². The van der Waals surface area contributed by atoms with Crippen LogP contribution < -0.4 is 0 Å². The van der Waals surface area contributed by atoms with E-state index in [0.29, 0.717) is 0 Å². The summed E-state index contributed by atoms with van der Waals surface area (Å²) in [6.07, 6.45) is 9.31. The Morgan fingerprint density at radius 3 is 0.851 bits per heavy atom. The monoisotopic (exact) mass is 1790 g/mol. The molecule has 654 valence electrons. The van der Waals surface area contributed by atoms with Crippen molar-refractivity contribution in [1.29, 1.82) is 0 Å². The van der Waals surface area contributed by atoms with Crippen LogP contribution in [-0.2, 0) is 0 Å². The number of benzene rings is 24. The SMILES string of the molecule is c1cc(-c2ccncc2)cc(-c2ccc3ccc4c(-c5cccc(-n6c7ccccc7c7ccccc76)c5)ccc5ccc2c3c54)c1.c1ccc(-c2ccc(-c3ccc4ccc5c(-c6ccccc6-n6c7ccccc7c7ccccc76)ccc6ccc3c4c65)cc2)nc1.c1cncc(-c2cccc(-c3ccc4ccc5c(-c6cccc(-n7c8ccccc8c8ccccc87)c6)ccc6ccc3c4c65)c2)c1. The lowest BCUT2D eigenvalue weighted by molar-refractivity contribution is 1.18. The molecular formula is C135H84N6. The molecule has 0 unspecified atom stereocenters. The van der Waals surface area contributed by atoms with Crippen molar-refractivity contribution in [3.05, 3.63) is 510 Å². The summed E-state index contributed by atoms with van der Waals surface area (Å²) in [5.41, 5.74) is 32.4. The topological polar surface area (TPSA) is 53.5 Å². The predicted octanol–water partition coefficient (Wildman–Crippen LogP) is 36.2. The molecule has 0 spiro atoms. The van der Waals surface area contributed by atoms with Gasteiger partial charge in [-0.3, -0.25) is 15.0 Å². The molecule has 0 N–H and O–H groups in total. The van der Waals surface area contributed by atoms with Crippen LogP contribution in [0.5, 0.6) is 0 Å². The van der Waals surface area contributed by atoms with Crippen LogP contribution in [0, 0.1) is 0 Å². The van der Waals surface area contributed by atoms with Crippen LogP contribution >= 0.6 is 0 Å². The van der Waals surface area contributed by atoms with E-state index in [1.807, 2.05) is 49.2 Å². The highest BCUT2D eigenvalue weighted by molar-refractivity contribution is 6.31. The standard InChI is InChI=1S/3C45H28N2/c1-4-13-41(47-42-14-5-2-10-36(42)37-11-3-6-15-43(37)47)35(9-1)34-25-21-32-22-26-38-33(24-20-31-23-27-39(34)45(32)44(31)38)29-16-18-30(19-17-29)40-12-7-8-28-46-40;1-3-15-42-38(13-1)39-14-2-4-16-43(39)47(42)35-12-6-10-33(27-35)37-22-18-30-19-23-40-36(21-17-29-20-24-41(37)45(30)44(29)40)32-9-5-8-31(26-32)34-11-7-25-46-28-34;1-3-13-42-38(11-1)39-12-2-4-14-43(39)47(42)35-10-6-9-34(28-35)37-20-16-31-17-21-40-36(19-15-30-18-22-41(37)45(31)44(30)40)33-8-5-7-32(27-33)29-23-25-46-26-24-29/h3*1-28H. The molecule has 0 aliphatic carbocycles. The first-order valence-corrected chi connectivity index (χ1v) is 48.4. The fraction of sp³-hybridized carbons (Fsp3) is 0. The van der Waals surface area contributed by atoms with E-state index in [1.54, 1.807) is 0 Å². The van der Waals surface area contributed by atoms with Crippen molar-refractivity contribution in [2.24, 2.45) is 0 Å². The van der Waals surface area contributed by atoms with Crippen molar-refractivity contribution < 1.29 is 0 Å². The van der Waals surface area contributed by atoms with Crippen LogP contribution in [-0.4, -0.2) is 28.7 Å². The largest absolute Gasteiger partial charge is 0.309 e. The van der Waals surface area contributed by atoms with Gasteiger partial charge in [0.1, 0.15) is 0 Å². The average molecular weight is 1790 g/mol. The second kappa shape index (κ2) is 33.1. The van der Waals surface area contributed by atoms with Gasteiger partial charge in [0.2, 0.25) is 0 Å². The molecular weight excluding hydrogens is 1710 g/mol. The Bertz CT molecular complexity index is 9650. The maximum Gasteiger partial charge on any atom is 0.0701 e. The first kappa shape index (κ1) is 80.7. The Morgan fingerprint density at radius 2 is 0.461 bits per heavy atom. The van der Waals surface area contributed by atoms with E-state index in [0.717, 1.165) is 16.8 Å². The van der Waals surface area contributed by atoms with Crippen molar-refractivity contribution in [3.8, 4) is 117 Å². The predicted molar refractivity (Wildman–Crippen MR) is 596 cm³/mol. The smallest absolute Gasteiger partial charge is 0.0701 e. The first-order chi connectivity index (χ1) is 70.0. The third-order valence-corrected chi connectivity index (χ3v) is 29.5. The lowest BCUT2D eigenvalue weighted by atomic mass is 9.87. The number of para-hydroxylation sites is 7. The van der Waals surface area contributed by atoms with Gasteiger partial charge in [-0.05, 0) is 284 Å². The minimum atomic E-state index is 0.989. The molecule has 6 nitrogen and oxygen atoms in total. The molecule has 6 aromatic heterocycles. The fourth-order valence-corrected chi connectivity index (χ4v) is 23.2. The molecule has 30 aromatic rings. The minimum Gasteiger partial charge on any atom is -0.309 e. The zero-order chi connectivity index (χ0) is 92.7. The van der Waals surface area contributed by atoms with Crippen LogP contribution in [0.25, 0.3) is 280 Å². The Kier molecular flexibility index (Phi) is 18.9. The Balaban J connectivity index is 0.000000104. The summed E-state index contributed by atoms with van der Waals surface area (Å²) >= 11 is 0. The van der Waals surface area contributed by atoms with E-state index < -0.39 is 0 Å². The molecule has 0 radical (unpaired) electrons. The molecule has 0 atom stereocenters. The molecule has 0 saturated heterocycles. The van der Waals surface area contributed by atoms with E-state index >= 15 is 0 Å². The lowest BCUT2D eigenvalue weighted by Gasteiger charge is -2.19. The van der Waals surface area contributed by atoms with Gasteiger partial charge in [-0.15, -0.1) is 0 Å². The number of pyridine rings is 3. The van der Waals surface area contributed by atoms with Gasteiger partial charge in [-0.25, -0.2) is 0 Å². The fourth-order valence-electron chi connectivity index (χ4n) is 23.2. The number of aromatic nitrogens is 6. The molecule has 141 heavy (non-hydrogen) atoms. The van der Waals surface area contributed by atoms with Gasteiger partial charge in [0.25, 0.3) is 0 Å². The van der Waals surface area contributed by atoms with Crippen LogP contribution in [0.4, 0.5) is 0 Å². The quantitative estimate of drug-likeness (QED) is 0.115. The summed E-state index contributed by atoms with van der Waals surface area (Å²) < 4.78 is 7.23. The van der Waals surface area contributed by atoms with Gasteiger partial charge in [0, 0.05) is 91.4 Å². The highest BCUT2D eigenvalue weighted by Crippen LogP contribution is 2.50. The molecule has 30 rings (SSSR count). The molecule has 6 heteroatoms. The number of nitrogens with zero attached hydrogens (tertiary/aromatic N) is 6. The van der Waals surface area contributed by atoms with Gasteiger partial charge in [-0.2, -0.15) is 0 Å². The molecule has 0 aliphatic rings. The van der Waals surface area contributed by atoms with Crippen LogP contribution in [0.3, 0.4) is 0 Å². The molecule has 0 amide bonds. The Hall–Kier alpha value is -18.8. The summed E-state index contributed by atoms with van der Waals surface area (Å²) in [7, 11) is 0. The molecule has 6 heterocycles. The summed E-state index contributed by atoms with van der Waals surface area (Å²) in [6, 6.07) is 175. The zero-order valence-corrected chi connectivity index (χ0v) is 76.7. The van der Waals surface area contributed by atoms with Crippen LogP contribution in [0.2, 0.25) is 0 Å². The maximum absolute atomic E-state index is 4.54. The van der Waals surface area contributed by atoms with Crippen molar-refractivity contribution in [3.63, 3.8) is 0 Å². The van der Waals surface area contributed by atoms with Gasteiger partial charge in [-0.1, -0.05) is 370 Å². The Labute approximate surface area is 812 Å². The second-order valence-electron chi connectivity index (χ2n) is 37.1.